The fourth-order valence-electron chi connectivity index (χ4n) is 1.54. The lowest BCUT2D eigenvalue weighted by Gasteiger charge is -2.05. The number of nitrogens with zero attached hydrogens (tertiary/aromatic N) is 2. The summed E-state index contributed by atoms with van der Waals surface area (Å²) in [5, 5.41) is 0. The number of hydrogen-bond acceptors (Lipinski definition) is 2. The van der Waals surface area contributed by atoms with E-state index < -0.39 is 0 Å². The lowest BCUT2D eigenvalue weighted by molar-refractivity contribution is 0.100. The zero-order valence-corrected chi connectivity index (χ0v) is 8.55. The highest BCUT2D eigenvalue weighted by Crippen LogP contribution is 2.06. The molecule has 0 amide bonds. The summed E-state index contributed by atoms with van der Waals surface area (Å²) in [4.78, 5) is 15.5. The summed E-state index contributed by atoms with van der Waals surface area (Å²) in [6.45, 7) is 2.22. The minimum absolute atomic E-state index is 0.0796. The fraction of sp³-hybridized carbons (Fsp3) is 0.167. The molecule has 0 fully saturated rings. The Morgan fingerprint density at radius 2 is 2.20 bits per heavy atom. The molecule has 3 nitrogen and oxygen atoms in total. The van der Waals surface area contributed by atoms with E-state index in [1.807, 2.05) is 41.1 Å². The molecule has 0 saturated carbocycles. The first kappa shape index (κ1) is 9.65. The molecule has 76 valence electrons. The van der Waals surface area contributed by atoms with Crippen molar-refractivity contribution in [3.63, 3.8) is 0 Å². The van der Waals surface area contributed by atoms with Crippen molar-refractivity contribution in [1.29, 1.82) is 0 Å². The Morgan fingerprint density at radius 3 is 2.87 bits per heavy atom. The van der Waals surface area contributed by atoms with Crippen molar-refractivity contribution in [2.24, 2.45) is 0 Å². The van der Waals surface area contributed by atoms with E-state index in [9.17, 15) is 4.79 Å². The molecule has 3 heteroatoms. The molecule has 0 saturated heterocycles. The Bertz CT molecular complexity index is 459. The maximum absolute atomic E-state index is 11.3. The smallest absolute Gasteiger partial charge is 0.176 e. The maximum atomic E-state index is 11.3. The molecule has 0 atom stereocenters. The summed E-state index contributed by atoms with van der Waals surface area (Å²) in [6.07, 6.45) is 3.65. The summed E-state index contributed by atoms with van der Waals surface area (Å²) in [6, 6.07) is 9.47. The Hall–Kier alpha value is -1.90. The highest BCUT2D eigenvalue weighted by Gasteiger charge is 2.05. The van der Waals surface area contributed by atoms with E-state index >= 15 is 0 Å². The lowest BCUT2D eigenvalue weighted by Crippen LogP contribution is -2.07. The van der Waals surface area contributed by atoms with Gasteiger partial charge >= 0.3 is 0 Å². The third-order valence-electron chi connectivity index (χ3n) is 2.25. The van der Waals surface area contributed by atoms with Crippen LogP contribution in [-0.2, 0) is 6.54 Å². The maximum Gasteiger partial charge on any atom is 0.176 e. The van der Waals surface area contributed by atoms with Crippen LogP contribution in [0.5, 0.6) is 0 Å². The molecule has 0 radical (unpaired) electrons. The van der Waals surface area contributed by atoms with Gasteiger partial charge in [-0.25, -0.2) is 0 Å². The lowest BCUT2D eigenvalue weighted by atomic mass is 10.3. The van der Waals surface area contributed by atoms with E-state index in [0.29, 0.717) is 6.54 Å². The zero-order valence-electron chi connectivity index (χ0n) is 8.55. The van der Waals surface area contributed by atoms with Crippen molar-refractivity contribution in [2.75, 3.05) is 0 Å². The molecule has 0 bridgehead atoms. The quantitative estimate of drug-likeness (QED) is 0.711. The molecule has 0 unspecified atom stereocenters. The number of carbonyl (C=O) groups excluding carboxylic acids is 1. The Balaban J connectivity index is 2.25. The Morgan fingerprint density at radius 1 is 1.33 bits per heavy atom. The second-order valence-electron chi connectivity index (χ2n) is 3.40. The Labute approximate surface area is 88.4 Å². The zero-order chi connectivity index (χ0) is 10.7. The highest BCUT2D eigenvalue weighted by molar-refractivity contribution is 5.92. The van der Waals surface area contributed by atoms with Crippen LogP contribution in [0.1, 0.15) is 23.1 Å². The van der Waals surface area contributed by atoms with Crippen LogP contribution < -0.4 is 0 Å². The topological polar surface area (TPSA) is 34.9 Å². The van der Waals surface area contributed by atoms with Crippen LogP contribution in [0.15, 0.2) is 42.7 Å². The molecule has 0 aliphatic carbocycles. The van der Waals surface area contributed by atoms with Gasteiger partial charge in [0.25, 0.3) is 0 Å². The van der Waals surface area contributed by atoms with Crippen LogP contribution in [0, 0.1) is 0 Å². The molecule has 0 spiro atoms. The molecule has 15 heavy (non-hydrogen) atoms. The van der Waals surface area contributed by atoms with E-state index in [-0.39, 0.29) is 5.78 Å². The van der Waals surface area contributed by atoms with Crippen LogP contribution in [0.3, 0.4) is 0 Å². The van der Waals surface area contributed by atoms with Gasteiger partial charge in [0, 0.05) is 19.3 Å². The van der Waals surface area contributed by atoms with E-state index in [0.717, 1.165) is 11.4 Å². The van der Waals surface area contributed by atoms with Gasteiger partial charge in [0.05, 0.1) is 17.9 Å². The van der Waals surface area contributed by atoms with Crippen LogP contribution in [-0.4, -0.2) is 15.3 Å². The molecular weight excluding hydrogens is 188 g/mol. The normalized spacial score (nSPS) is 10.2. The van der Waals surface area contributed by atoms with Gasteiger partial charge < -0.3 is 4.57 Å². The Kier molecular flexibility index (Phi) is 2.63. The van der Waals surface area contributed by atoms with Gasteiger partial charge in [0.2, 0.25) is 0 Å². The van der Waals surface area contributed by atoms with Crippen LogP contribution >= 0.6 is 0 Å². The molecule has 0 N–H and O–H groups in total. The van der Waals surface area contributed by atoms with E-state index in [1.54, 1.807) is 13.1 Å². The average molecular weight is 200 g/mol. The third kappa shape index (κ3) is 2.13. The van der Waals surface area contributed by atoms with Crippen LogP contribution in [0.4, 0.5) is 0 Å². The number of ketones is 1. The van der Waals surface area contributed by atoms with Gasteiger partial charge in [-0.3, -0.25) is 9.78 Å². The standard InChI is InChI=1S/C12H12N2O/c1-10(15)12-6-4-8-14(12)9-11-5-2-3-7-13-11/h2-8H,9H2,1H3. The van der Waals surface area contributed by atoms with Gasteiger partial charge in [-0.15, -0.1) is 0 Å². The first-order chi connectivity index (χ1) is 7.27. The molecule has 2 aromatic heterocycles. The average Bonchev–Trinajstić information content (AvgIpc) is 2.67. The van der Waals surface area contributed by atoms with Gasteiger partial charge in [-0.2, -0.15) is 0 Å². The molecule has 2 aromatic rings. The third-order valence-corrected chi connectivity index (χ3v) is 2.25. The van der Waals surface area contributed by atoms with E-state index in [1.165, 1.54) is 0 Å². The van der Waals surface area contributed by atoms with Gasteiger partial charge in [-0.1, -0.05) is 6.07 Å². The summed E-state index contributed by atoms with van der Waals surface area (Å²) in [5.74, 6) is 0.0796. The minimum Gasteiger partial charge on any atom is -0.339 e. The van der Waals surface area contributed by atoms with Crippen molar-refractivity contribution in [1.82, 2.24) is 9.55 Å². The largest absolute Gasteiger partial charge is 0.339 e. The predicted molar refractivity (Wildman–Crippen MR) is 57.8 cm³/mol. The van der Waals surface area contributed by atoms with E-state index in [4.69, 9.17) is 0 Å². The molecule has 0 aliphatic heterocycles. The summed E-state index contributed by atoms with van der Waals surface area (Å²) >= 11 is 0. The van der Waals surface area contributed by atoms with Gasteiger partial charge in [-0.05, 0) is 24.3 Å². The van der Waals surface area contributed by atoms with Crippen molar-refractivity contribution >= 4 is 5.78 Å². The molecule has 2 rings (SSSR count). The summed E-state index contributed by atoms with van der Waals surface area (Å²) in [5.41, 5.74) is 1.68. The predicted octanol–water partition coefficient (Wildman–Crippen LogP) is 2.13. The van der Waals surface area contributed by atoms with Crippen LogP contribution in [0.2, 0.25) is 0 Å². The van der Waals surface area contributed by atoms with Gasteiger partial charge in [0.1, 0.15) is 0 Å². The summed E-state index contributed by atoms with van der Waals surface area (Å²) < 4.78 is 1.91. The first-order valence-corrected chi connectivity index (χ1v) is 4.83. The summed E-state index contributed by atoms with van der Waals surface area (Å²) in [7, 11) is 0. The number of hydrogen-bond donors (Lipinski definition) is 0. The molecule has 0 aromatic carbocycles. The monoisotopic (exact) mass is 200 g/mol. The van der Waals surface area contributed by atoms with Crippen molar-refractivity contribution in [2.45, 2.75) is 13.5 Å². The first-order valence-electron chi connectivity index (χ1n) is 4.83. The van der Waals surface area contributed by atoms with Crippen LogP contribution in [0.25, 0.3) is 0 Å². The number of Topliss-reactive ketones (excluding diaryl/α,β-unsaturated/α-hetero) is 1. The number of rotatable bonds is 3. The molecule has 2 heterocycles. The van der Waals surface area contributed by atoms with E-state index in [2.05, 4.69) is 4.98 Å². The van der Waals surface area contributed by atoms with Gasteiger partial charge in [0.15, 0.2) is 5.78 Å². The second-order valence-corrected chi connectivity index (χ2v) is 3.40. The van der Waals surface area contributed by atoms with Crippen molar-refractivity contribution in [3.05, 3.63) is 54.1 Å². The number of carbonyl (C=O) groups is 1. The fourth-order valence-corrected chi connectivity index (χ4v) is 1.54. The second kappa shape index (κ2) is 4.09. The van der Waals surface area contributed by atoms with Crippen molar-refractivity contribution in [3.8, 4) is 0 Å². The molecule has 0 aliphatic rings. The van der Waals surface area contributed by atoms with Crippen molar-refractivity contribution < 1.29 is 4.79 Å². The SMILES string of the molecule is CC(=O)c1cccn1Cc1ccccn1. The highest BCUT2D eigenvalue weighted by atomic mass is 16.1. The minimum atomic E-state index is 0.0796. The number of pyridine rings is 1. The number of aromatic nitrogens is 2. The molecular formula is C12H12N2O.